The third kappa shape index (κ3) is 3.79. The van der Waals surface area contributed by atoms with Gasteiger partial charge in [0.15, 0.2) is 11.6 Å². The van der Waals surface area contributed by atoms with Gasteiger partial charge in [0.25, 0.3) is 11.7 Å². The summed E-state index contributed by atoms with van der Waals surface area (Å²) in [4.78, 5) is 34.6. The summed E-state index contributed by atoms with van der Waals surface area (Å²) in [7, 11) is 0. The maximum atomic E-state index is 14.7. The molecule has 1 amide bonds. The number of hydrogen-bond acceptors (Lipinski definition) is 5. The Morgan fingerprint density at radius 2 is 1.94 bits per heavy atom. The van der Waals surface area contributed by atoms with Gasteiger partial charge >= 0.3 is 0 Å². The van der Waals surface area contributed by atoms with Crippen molar-refractivity contribution in [1.82, 2.24) is 29.9 Å². The molecule has 1 aromatic carbocycles. The minimum absolute atomic E-state index is 0.00366. The molecule has 9 heteroatoms. The number of aromatic nitrogens is 5. The van der Waals surface area contributed by atoms with Crippen LogP contribution in [0.15, 0.2) is 55.1 Å². The van der Waals surface area contributed by atoms with Crippen molar-refractivity contribution in [2.45, 2.75) is 25.7 Å². The van der Waals surface area contributed by atoms with E-state index in [1.54, 1.807) is 11.1 Å². The Morgan fingerprint density at radius 3 is 2.64 bits per heavy atom. The average Bonchev–Trinajstić information content (AvgIpc) is 3.55. The lowest BCUT2D eigenvalue weighted by Crippen LogP contribution is -2.42. The van der Waals surface area contributed by atoms with Crippen LogP contribution in [-0.4, -0.2) is 54.6 Å². The first-order chi connectivity index (χ1) is 16.0. The largest absolute Gasteiger partial charge is 0.357 e. The number of halogens is 1. The normalized spacial score (nSPS) is 15.6. The zero-order valence-electron chi connectivity index (χ0n) is 18.1. The van der Waals surface area contributed by atoms with E-state index in [-0.39, 0.29) is 16.5 Å². The van der Waals surface area contributed by atoms with Gasteiger partial charge in [0.2, 0.25) is 0 Å². The van der Waals surface area contributed by atoms with E-state index in [4.69, 9.17) is 0 Å². The molecule has 1 fully saturated rings. The number of amides is 1. The van der Waals surface area contributed by atoms with E-state index in [2.05, 4.69) is 39.3 Å². The number of nitrogens with zero attached hydrogens (tertiary/aromatic N) is 5. The Hall–Kier alpha value is -3.88. The molecule has 1 aliphatic rings. The summed E-state index contributed by atoms with van der Waals surface area (Å²) in [6.45, 7) is 3.21. The van der Waals surface area contributed by atoms with Gasteiger partial charge in [-0.1, -0.05) is 42.5 Å². The number of aromatic amines is 1. The van der Waals surface area contributed by atoms with Crippen LogP contribution in [0.1, 0.15) is 41.6 Å². The molecular formula is C24H23FN6O2. The molecule has 1 atom stereocenters. The van der Waals surface area contributed by atoms with Gasteiger partial charge in [-0.15, -0.1) is 5.10 Å². The highest BCUT2D eigenvalue weighted by atomic mass is 19.1. The number of H-pyrrole nitrogens is 1. The third-order valence-corrected chi connectivity index (χ3v) is 6.58. The first-order valence-electron chi connectivity index (χ1n) is 11.0. The van der Waals surface area contributed by atoms with E-state index < -0.39 is 17.5 Å². The van der Waals surface area contributed by atoms with Gasteiger partial charge in [-0.25, -0.2) is 14.1 Å². The molecule has 0 radical (unpaired) electrons. The molecule has 1 N–H and O–H groups in total. The second kappa shape index (κ2) is 8.57. The Bertz CT molecular complexity index is 1290. The molecule has 0 saturated carbocycles. The average molecular weight is 446 g/mol. The van der Waals surface area contributed by atoms with Gasteiger partial charge in [0.1, 0.15) is 0 Å². The third-order valence-electron chi connectivity index (χ3n) is 6.58. The number of fused-ring (bicyclic) bond motifs is 1. The smallest absolute Gasteiger partial charge is 0.295 e. The molecule has 3 aromatic heterocycles. The maximum Gasteiger partial charge on any atom is 0.295 e. The summed E-state index contributed by atoms with van der Waals surface area (Å²) >= 11 is 0. The van der Waals surface area contributed by atoms with Gasteiger partial charge < -0.3 is 9.88 Å². The number of ketones is 1. The Morgan fingerprint density at radius 1 is 1.18 bits per heavy atom. The van der Waals surface area contributed by atoms with Crippen LogP contribution >= 0.6 is 0 Å². The monoisotopic (exact) mass is 446 g/mol. The lowest BCUT2D eigenvalue weighted by molar-refractivity contribution is -0.127. The number of carbonyl (C=O) groups excluding carboxylic acids is 2. The number of nitrogens with one attached hydrogen (secondary N) is 1. The van der Waals surface area contributed by atoms with Crippen LogP contribution in [0.25, 0.3) is 16.7 Å². The predicted molar refractivity (Wildman–Crippen MR) is 119 cm³/mol. The van der Waals surface area contributed by atoms with Crippen LogP contribution in [-0.2, 0) is 4.79 Å². The van der Waals surface area contributed by atoms with Crippen molar-refractivity contribution in [3.8, 4) is 5.82 Å². The van der Waals surface area contributed by atoms with Crippen molar-refractivity contribution in [1.29, 1.82) is 0 Å². The zero-order valence-corrected chi connectivity index (χ0v) is 18.1. The Labute approximate surface area is 189 Å². The molecule has 0 spiro atoms. The number of piperidine rings is 1. The van der Waals surface area contributed by atoms with Gasteiger partial charge in [-0.2, -0.15) is 0 Å². The first-order valence-corrected chi connectivity index (χ1v) is 11.0. The van der Waals surface area contributed by atoms with Crippen LogP contribution in [0.2, 0.25) is 0 Å². The van der Waals surface area contributed by atoms with Gasteiger partial charge in [-0.3, -0.25) is 9.59 Å². The number of hydrogen-bond donors (Lipinski definition) is 1. The first kappa shape index (κ1) is 21.0. The maximum absolute atomic E-state index is 14.7. The van der Waals surface area contributed by atoms with Crippen LogP contribution in [0.5, 0.6) is 0 Å². The topological polar surface area (TPSA) is 96.8 Å². The summed E-state index contributed by atoms with van der Waals surface area (Å²) in [6.07, 6.45) is 7.05. The second-order valence-corrected chi connectivity index (χ2v) is 8.39. The predicted octanol–water partition coefficient (Wildman–Crippen LogP) is 3.51. The zero-order chi connectivity index (χ0) is 22.9. The van der Waals surface area contributed by atoms with Crippen LogP contribution in [0.4, 0.5) is 4.39 Å². The highest BCUT2D eigenvalue weighted by Gasteiger charge is 2.32. The van der Waals surface area contributed by atoms with Crippen molar-refractivity contribution >= 4 is 22.6 Å². The standard InChI is InChI=1S/C24H23FN6O2/c1-15(16-5-3-2-4-6-16)17-7-10-30(11-8-17)24(33)22(32)18-13-26-21-20(18)19(25)14-27-23(21)31-12-9-28-29-31/h2-6,9,12-15,17,26H,7-8,10-11H2,1H3. The van der Waals surface area contributed by atoms with E-state index in [0.29, 0.717) is 30.7 Å². The number of rotatable bonds is 5. The fraction of sp³-hybridized carbons (Fsp3) is 0.292. The van der Waals surface area contributed by atoms with E-state index in [9.17, 15) is 14.0 Å². The molecular weight excluding hydrogens is 423 g/mol. The summed E-state index contributed by atoms with van der Waals surface area (Å²) < 4.78 is 16.0. The Kier molecular flexibility index (Phi) is 5.45. The van der Waals surface area contributed by atoms with Crippen molar-refractivity contribution < 1.29 is 14.0 Å². The molecule has 4 aromatic rings. The molecule has 1 aliphatic heterocycles. The van der Waals surface area contributed by atoms with E-state index in [0.717, 1.165) is 19.0 Å². The molecule has 8 nitrogen and oxygen atoms in total. The van der Waals surface area contributed by atoms with Gasteiger partial charge in [-0.05, 0) is 30.2 Å². The molecule has 0 aliphatic carbocycles. The minimum atomic E-state index is -0.731. The van der Waals surface area contributed by atoms with Crippen molar-refractivity contribution in [2.24, 2.45) is 5.92 Å². The van der Waals surface area contributed by atoms with Crippen molar-refractivity contribution in [3.63, 3.8) is 0 Å². The second-order valence-electron chi connectivity index (χ2n) is 8.39. The molecule has 4 heterocycles. The number of pyridine rings is 1. The van der Waals surface area contributed by atoms with Gasteiger partial charge in [0.05, 0.1) is 35.1 Å². The number of carbonyl (C=O) groups is 2. The van der Waals surface area contributed by atoms with Crippen LogP contribution in [0, 0.1) is 11.7 Å². The molecule has 33 heavy (non-hydrogen) atoms. The fourth-order valence-corrected chi connectivity index (χ4v) is 4.66. The lowest BCUT2D eigenvalue weighted by atomic mass is 9.81. The Balaban J connectivity index is 1.33. The number of likely N-dealkylation sites (tertiary alicyclic amines) is 1. The van der Waals surface area contributed by atoms with Crippen molar-refractivity contribution in [3.05, 3.63) is 72.1 Å². The molecule has 1 unspecified atom stereocenters. The quantitative estimate of drug-likeness (QED) is 0.374. The van der Waals surface area contributed by atoms with E-state index in [1.165, 1.54) is 22.6 Å². The summed E-state index contributed by atoms with van der Waals surface area (Å²) in [5.41, 5.74) is 1.56. The van der Waals surface area contributed by atoms with E-state index in [1.807, 2.05) is 18.2 Å². The van der Waals surface area contributed by atoms with Gasteiger partial charge in [0, 0.05) is 19.3 Å². The lowest BCUT2D eigenvalue weighted by Gasteiger charge is -2.34. The molecule has 0 bridgehead atoms. The number of Topliss-reactive ketones (excluding diaryl/α,β-unsaturated/α-hetero) is 1. The summed E-state index contributed by atoms with van der Waals surface area (Å²) in [6, 6.07) is 10.3. The molecule has 1 saturated heterocycles. The summed E-state index contributed by atoms with van der Waals surface area (Å²) in [5, 5.41) is 7.64. The SMILES string of the molecule is CC(c1ccccc1)C1CCN(C(=O)C(=O)c2c[nH]c3c(-n4ccnn4)ncc(F)c23)CC1. The fourth-order valence-electron chi connectivity index (χ4n) is 4.66. The molecule has 168 valence electrons. The highest BCUT2D eigenvalue weighted by Crippen LogP contribution is 2.33. The summed E-state index contributed by atoms with van der Waals surface area (Å²) in [5.74, 6) is -0.906. The molecule has 5 rings (SSSR count). The highest BCUT2D eigenvalue weighted by molar-refractivity contribution is 6.45. The van der Waals surface area contributed by atoms with Crippen molar-refractivity contribution in [2.75, 3.05) is 13.1 Å². The number of benzene rings is 1. The minimum Gasteiger partial charge on any atom is -0.357 e. The van der Waals surface area contributed by atoms with E-state index >= 15 is 0 Å². The van der Waals surface area contributed by atoms with Crippen LogP contribution < -0.4 is 0 Å². The van der Waals surface area contributed by atoms with Crippen LogP contribution in [0.3, 0.4) is 0 Å².